The van der Waals surface area contributed by atoms with Gasteiger partial charge in [-0.1, -0.05) is 34.4 Å². The van der Waals surface area contributed by atoms with E-state index in [-0.39, 0.29) is 0 Å². The zero-order valence-electron chi connectivity index (χ0n) is 5.86. The van der Waals surface area contributed by atoms with Crippen molar-refractivity contribution in [2.45, 2.75) is 31.3 Å². The summed E-state index contributed by atoms with van der Waals surface area (Å²) < 4.78 is 1.06. The Kier molecular flexibility index (Phi) is 2.99. The summed E-state index contributed by atoms with van der Waals surface area (Å²) in [5, 5.41) is 9.46. The Balaban J connectivity index is 2.30. The van der Waals surface area contributed by atoms with Crippen molar-refractivity contribution in [2.24, 2.45) is 0 Å². The summed E-state index contributed by atoms with van der Waals surface area (Å²) in [6.07, 6.45) is 3.79. The summed E-state index contributed by atoms with van der Waals surface area (Å²) in [7, 11) is 0. The van der Waals surface area contributed by atoms with Crippen LogP contribution < -0.4 is 0 Å². The molecular formula is C8H11IO. The molecule has 0 spiro atoms. The van der Waals surface area contributed by atoms with E-state index < -0.39 is 5.60 Å². The molecule has 0 amide bonds. The van der Waals surface area contributed by atoms with Crippen LogP contribution in [-0.4, -0.2) is 15.1 Å². The summed E-state index contributed by atoms with van der Waals surface area (Å²) in [4.78, 5) is 0. The Hall–Kier alpha value is 0.250. The Morgan fingerprint density at radius 2 is 2.20 bits per heavy atom. The van der Waals surface area contributed by atoms with Crippen LogP contribution in [0.3, 0.4) is 0 Å². The first kappa shape index (κ1) is 8.35. The molecule has 1 rings (SSSR count). The van der Waals surface area contributed by atoms with Crippen LogP contribution in [-0.2, 0) is 0 Å². The van der Waals surface area contributed by atoms with Crippen LogP contribution in [0.5, 0.6) is 0 Å². The predicted octanol–water partition coefficient (Wildman–Crippen LogP) is 1.73. The first-order chi connectivity index (χ1) is 4.77. The van der Waals surface area contributed by atoms with E-state index in [0.29, 0.717) is 0 Å². The standard InChI is InChI=1S/C8H11IO/c9-7-2-1-4-8(10)5-3-6-8/h10H,2-3,5-7H2. The minimum Gasteiger partial charge on any atom is -0.378 e. The van der Waals surface area contributed by atoms with Crippen LogP contribution >= 0.6 is 22.6 Å². The molecule has 2 heteroatoms. The number of rotatable bonds is 1. The van der Waals surface area contributed by atoms with Gasteiger partial charge in [0, 0.05) is 10.8 Å². The quantitative estimate of drug-likeness (QED) is 0.427. The van der Waals surface area contributed by atoms with E-state index in [1.165, 1.54) is 0 Å². The smallest absolute Gasteiger partial charge is 0.125 e. The van der Waals surface area contributed by atoms with Gasteiger partial charge in [0.2, 0.25) is 0 Å². The SMILES string of the molecule is OC1(C#CCCI)CCC1. The van der Waals surface area contributed by atoms with Crippen LogP contribution in [0, 0.1) is 11.8 Å². The van der Waals surface area contributed by atoms with Crippen LogP contribution in [0.15, 0.2) is 0 Å². The van der Waals surface area contributed by atoms with Crippen molar-refractivity contribution in [1.82, 2.24) is 0 Å². The minimum absolute atomic E-state index is 0.591. The third-order valence-corrected chi connectivity index (χ3v) is 2.26. The first-order valence-corrected chi connectivity index (χ1v) is 5.08. The largest absolute Gasteiger partial charge is 0.378 e. The summed E-state index contributed by atoms with van der Waals surface area (Å²) in [5.41, 5.74) is -0.591. The Morgan fingerprint density at radius 3 is 2.60 bits per heavy atom. The molecule has 0 aromatic heterocycles. The Bertz CT molecular complexity index is 162. The second-order valence-corrected chi connectivity index (χ2v) is 3.70. The lowest BCUT2D eigenvalue weighted by Crippen LogP contribution is -2.34. The van der Waals surface area contributed by atoms with Crippen molar-refractivity contribution < 1.29 is 5.11 Å². The molecule has 0 aromatic rings. The fourth-order valence-corrected chi connectivity index (χ4v) is 1.18. The topological polar surface area (TPSA) is 20.2 Å². The van der Waals surface area contributed by atoms with Crippen LogP contribution in [0.4, 0.5) is 0 Å². The molecule has 0 radical (unpaired) electrons. The molecule has 56 valence electrons. The molecular weight excluding hydrogens is 239 g/mol. The number of hydrogen-bond acceptors (Lipinski definition) is 1. The highest BCUT2D eigenvalue weighted by Crippen LogP contribution is 2.30. The molecule has 1 saturated carbocycles. The highest BCUT2D eigenvalue weighted by Gasteiger charge is 2.31. The highest BCUT2D eigenvalue weighted by atomic mass is 127. The lowest BCUT2D eigenvalue weighted by molar-refractivity contribution is 0.0239. The number of halogens is 1. The average Bonchev–Trinajstić information content (AvgIpc) is 1.85. The van der Waals surface area contributed by atoms with Crippen LogP contribution in [0.2, 0.25) is 0 Å². The first-order valence-electron chi connectivity index (χ1n) is 3.55. The molecule has 1 nitrogen and oxygen atoms in total. The van der Waals surface area contributed by atoms with Crippen molar-refractivity contribution >= 4 is 22.6 Å². The van der Waals surface area contributed by atoms with Gasteiger partial charge in [0.25, 0.3) is 0 Å². The van der Waals surface area contributed by atoms with Crippen molar-refractivity contribution in [1.29, 1.82) is 0 Å². The molecule has 1 fully saturated rings. The second kappa shape index (κ2) is 3.59. The van der Waals surface area contributed by atoms with Gasteiger partial charge in [-0.25, -0.2) is 0 Å². The molecule has 0 unspecified atom stereocenters. The van der Waals surface area contributed by atoms with E-state index in [2.05, 4.69) is 34.4 Å². The third kappa shape index (κ3) is 2.14. The molecule has 1 aliphatic rings. The van der Waals surface area contributed by atoms with Gasteiger partial charge in [0.1, 0.15) is 5.60 Å². The lowest BCUT2D eigenvalue weighted by Gasteiger charge is -2.30. The van der Waals surface area contributed by atoms with Crippen LogP contribution in [0.1, 0.15) is 25.7 Å². The molecule has 0 atom stereocenters. The average molecular weight is 250 g/mol. The molecule has 0 heterocycles. The van der Waals surface area contributed by atoms with Gasteiger partial charge >= 0.3 is 0 Å². The normalized spacial score (nSPS) is 20.6. The van der Waals surface area contributed by atoms with E-state index in [9.17, 15) is 5.11 Å². The predicted molar refractivity (Wildman–Crippen MR) is 50.1 cm³/mol. The summed E-state index contributed by atoms with van der Waals surface area (Å²) in [5.74, 6) is 5.87. The lowest BCUT2D eigenvalue weighted by atomic mass is 9.81. The monoisotopic (exact) mass is 250 g/mol. The maximum absolute atomic E-state index is 9.46. The van der Waals surface area contributed by atoms with Crippen molar-refractivity contribution in [3.63, 3.8) is 0 Å². The summed E-state index contributed by atoms with van der Waals surface area (Å²) in [6, 6.07) is 0. The van der Waals surface area contributed by atoms with Crippen molar-refractivity contribution in [3.8, 4) is 11.8 Å². The highest BCUT2D eigenvalue weighted by molar-refractivity contribution is 14.1. The van der Waals surface area contributed by atoms with E-state index in [1.54, 1.807) is 0 Å². The Labute approximate surface area is 75.3 Å². The fraction of sp³-hybridized carbons (Fsp3) is 0.750. The van der Waals surface area contributed by atoms with Gasteiger partial charge in [-0.15, -0.1) is 0 Å². The fourth-order valence-electron chi connectivity index (χ4n) is 0.911. The third-order valence-electron chi connectivity index (χ3n) is 1.72. The minimum atomic E-state index is -0.591. The van der Waals surface area contributed by atoms with E-state index >= 15 is 0 Å². The molecule has 0 aliphatic heterocycles. The maximum atomic E-state index is 9.46. The molecule has 0 bridgehead atoms. The second-order valence-electron chi connectivity index (χ2n) is 2.63. The van der Waals surface area contributed by atoms with E-state index in [1.807, 2.05) is 0 Å². The number of alkyl halides is 1. The molecule has 1 N–H and O–H groups in total. The van der Waals surface area contributed by atoms with E-state index in [4.69, 9.17) is 0 Å². The van der Waals surface area contributed by atoms with Crippen LogP contribution in [0.25, 0.3) is 0 Å². The summed E-state index contributed by atoms with van der Waals surface area (Å²) in [6.45, 7) is 0. The van der Waals surface area contributed by atoms with Gasteiger partial charge in [0.05, 0.1) is 0 Å². The maximum Gasteiger partial charge on any atom is 0.125 e. The zero-order chi connectivity index (χ0) is 7.45. The van der Waals surface area contributed by atoms with Crippen molar-refractivity contribution in [3.05, 3.63) is 0 Å². The zero-order valence-corrected chi connectivity index (χ0v) is 8.02. The van der Waals surface area contributed by atoms with Gasteiger partial charge in [-0.05, 0) is 19.3 Å². The van der Waals surface area contributed by atoms with Gasteiger partial charge < -0.3 is 5.11 Å². The van der Waals surface area contributed by atoms with Gasteiger partial charge in [0.15, 0.2) is 0 Å². The Morgan fingerprint density at radius 1 is 1.50 bits per heavy atom. The number of aliphatic hydroxyl groups is 1. The summed E-state index contributed by atoms with van der Waals surface area (Å²) >= 11 is 2.28. The molecule has 10 heavy (non-hydrogen) atoms. The van der Waals surface area contributed by atoms with Gasteiger partial charge in [-0.2, -0.15) is 0 Å². The van der Waals surface area contributed by atoms with Gasteiger partial charge in [-0.3, -0.25) is 0 Å². The number of hydrogen-bond donors (Lipinski definition) is 1. The van der Waals surface area contributed by atoms with E-state index in [0.717, 1.165) is 30.1 Å². The molecule has 0 saturated heterocycles. The molecule has 0 aromatic carbocycles. The molecule has 1 aliphatic carbocycles. The van der Waals surface area contributed by atoms with Crippen molar-refractivity contribution in [2.75, 3.05) is 4.43 Å².